The Bertz CT molecular complexity index is 830. The molecular formula is C19H19ClN2O2. The van der Waals surface area contributed by atoms with Crippen molar-refractivity contribution in [2.24, 2.45) is 0 Å². The zero-order valence-electron chi connectivity index (χ0n) is 13.1. The first kappa shape index (κ1) is 16.6. The number of halogens is 1. The van der Waals surface area contributed by atoms with E-state index >= 15 is 0 Å². The maximum absolute atomic E-state index is 12.4. The number of aliphatic hydroxyl groups excluding tert-OH is 1. The lowest BCUT2D eigenvalue weighted by molar-refractivity contribution is 0.0945. The molecule has 124 valence electrons. The Balaban J connectivity index is 1.70. The zero-order valence-corrected chi connectivity index (χ0v) is 13.9. The van der Waals surface area contributed by atoms with Crippen molar-refractivity contribution in [1.29, 1.82) is 0 Å². The van der Waals surface area contributed by atoms with Crippen LogP contribution >= 0.6 is 11.6 Å². The number of benzene rings is 2. The zero-order chi connectivity index (χ0) is 16.9. The normalized spacial score (nSPS) is 12.2. The third-order valence-corrected chi connectivity index (χ3v) is 4.32. The topological polar surface area (TPSA) is 65.1 Å². The van der Waals surface area contributed by atoms with Gasteiger partial charge in [-0.25, -0.2) is 0 Å². The van der Waals surface area contributed by atoms with Crippen molar-refractivity contribution in [2.75, 3.05) is 13.2 Å². The van der Waals surface area contributed by atoms with E-state index in [0.717, 1.165) is 16.5 Å². The summed E-state index contributed by atoms with van der Waals surface area (Å²) < 4.78 is 0. The molecule has 5 heteroatoms. The number of aromatic amines is 1. The second-order valence-corrected chi connectivity index (χ2v) is 6.18. The number of hydrogen-bond donors (Lipinski definition) is 3. The molecule has 3 aromatic rings. The molecule has 0 aliphatic rings. The molecule has 2 aromatic carbocycles. The number of aromatic nitrogens is 1. The highest BCUT2D eigenvalue weighted by atomic mass is 35.5. The summed E-state index contributed by atoms with van der Waals surface area (Å²) in [7, 11) is 0. The van der Waals surface area contributed by atoms with Crippen molar-refractivity contribution in [2.45, 2.75) is 12.3 Å². The van der Waals surface area contributed by atoms with Crippen molar-refractivity contribution >= 4 is 28.4 Å². The smallest absolute Gasteiger partial charge is 0.267 e. The summed E-state index contributed by atoms with van der Waals surface area (Å²) in [6, 6.07) is 17.2. The molecule has 0 aliphatic carbocycles. The van der Waals surface area contributed by atoms with E-state index in [1.54, 1.807) is 12.1 Å². The van der Waals surface area contributed by atoms with E-state index in [1.807, 2.05) is 42.5 Å². The fourth-order valence-corrected chi connectivity index (χ4v) is 2.97. The second-order valence-electron chi connectivity index (χ2n) is 5.74. The Hall–Kier alpha value is -2.30. The van der Waals surface area contributed by atoms with E-state index in [9.17, 15) is 9.90 Å². The molecule has 0 saturated heterocycles. The number of carbonyl (C=O) groups excluding carboxylic acids is 1. The summed E-state index contributed by atoms with van der Waals surface area (Å²) in [6.07, 6.45) is 0.604. The van der Waals surface area contributed by atoms with E-state index in [4.69, 9.17) is 11.6 Å². The molecule has 1 aromatic heterocycles. The van der Waals surface area contributed by atoms with Gasteiger partial charge in [0.25, 0.3) is 5.91 Å². The summed E-state index contributed by atoms with van der Waals surface area (Å²) in [5.74, 6) is -0.0832. The minimum absolute atomic E-state index is 0.0824. The molecular weight excluding hydrogens is 324 g/mol. The molecule has 3 rings (SSSR count). The van der Waals surface area contributed by atoms with Gasteiger partial charge in [0.15, 0.2) is 0 Å². The average molecular weight is 343 g/mol. The largest absolute Gasteiger partial charge is 0.396 e. The van der Waals surface area contributed by atoms with Gasteiger partial charge < -0.3 is 15.4 Å². The quantitative estimate of drug-likeness (QED) is 0.639. The average Bonchev–Trinajstić information content (AvgIpc) is 3.02. The molecule has 1 amide bonds. The maximum Gasteiger partial charge on any atom is 0.267 e. The Morgan fingerprint density at radius 3 is 2.71 bits per heavy atom. The highest BCUT2D eigenvalue weighted by Gasteiger charge is 2.14. The standard InChI is InChI=1S/C19H19ClN2O2/c20-16-7-6-14-10-18(22-17(14)11-16)19(24)21-12-15(8-9-23)13-4-2-1-3-5-13/h1-7,10-11,15,22-23H,8-9,12H2,(H,21,24). The number of aliphatic hydroxyl groups is 1. The van der Waals surface area contributed by atoms with Gasteiger partial charge in [-0.2, -0.15) is 0 Å². The lowest BCUT2D eigenvalue weighted by atomic mass is 9.96. The van der Waals surface area contributed by atoms with Gasteiger partial charge in [-0.05, 0) is 30.2 Å². The van der Waals surface area contributed by atoms with Gasteiger partial charge >= 0.3 is 0 Å². The van der Waals surface area contributed by atoms with E-state index in [-0.39, 0.29) is 18.4 Å². The lowest BCUT2D eigenvalue weighted by Gasteiger charge is -2.16. The minimum Gasteiger partial charge on any atom is -0.396 e. The molecule has 0 bridgehead atoms. The first-order valence-electron chi connectivity index (χ1n) is 7.89. The van der Waals surface area contributed by atoms with E-state index in [2.05, 4.69) is 10.3 Å². The predicted octanol–water partition coefficient (Wildman–Crippen LogP) is 3.72. The molecule has 0 radical (unpaired) electrons. The van der Waals surface area contributed by atoms with Crippen molar-refractivity contribution < 1.29 is 9.90 Å². The van der Waals surface area contributed by atoms with Crippen molar-refractivity contribution in [3.8, 4) is 0 Å². The number of carbonyl (C=O) groups is 1. The molecule has 1 unspecified atom stereocenters. The third kappa shape index (κ3) is 3.78. The van der Waals surface area contributed by atoms with Gasteiger partial charge in [-0.1, -0.05) is 48.0 Å². The highest BCUT2D eigenvalue weighted by molar-refractivity contribution is 6.31. The molecule has 3 N–H and O–H groups in total. The summed E-state index contributed by atoms with van der Waals surface area (Å²) in [6.45, 7) is 0.555. The van der Waals surface area contributed by atoms with Gasteiger partial charge in [-0.15, -0.1) is 0 Å². The molecule has 0 spiro atoms. The van der Waals surface area contributed by atoms with Crippen molar-refractivity contribution in [1.82, 2.24) is 10.3 Å². The molecule has 24 heavy (non-hydrogen) atoms. The summed E-state index contributed by atoms with van der Waals surface area (Å²) in [4.78, 5) is 15.5. The molecule has 1 heterocycles. The van der Waals surface area contributed by atoms with Crippen LogP contribution in [0.15, 0.2) is 54.6 Å². The maximum atomic E-state index is 12.4. The number of fused-ring (bicyclic) bond motifs is 1. The number of amides is 1. The monoisotopic (exact) mass is 342 g/mol. The fraction of sp³-hybridized carbons (Fsp3) is 0.211. The first-order chi connectivity index (χ1) is 11.7. The Kier molecular flexibility index (Phi) is 5.18. The van der Waals surface area contributed by atoms with Crippen LogP contribution in [0.4, 0.5) is 0 Å². The van der Waals surface area contributed by atoms with Crippen molar-refractivity contribution in [3.05, 3.63) is 70.9 Å². The van der Waals surface area contributed by atoms with Crippen LogP contribution in [0.2, 0.25) is 5.02 Å². The summed E-state index contributed by atoms with van der Waals surface area (Å²) in [5, 5.41) is 13.8. The number of nitrogens with one attached hydrogen (secondary N) is 2. The molecule has 4 nitrogen and oxygen atoms in total. The Labute approximate surface area is 145 Å². The van der Waals surface area contributed by atoms with Gasteiger partial charge in [0, 0.05) is 35.0 Å². The Morgan fingerprint density at radius 1 is 1.17 bits per heavy atom. The van der Waals surface area contributed by atoms with Crippen LogP contribution in [0.25, 0.3) is 10.9 Å². The van der Waals surface area contributed by atoms with Crippen LogP contribution in [0.1, 0.15) is 28.4 Å². The third-order valence-electron chi connectivity index (χ3n) is 4.09. The van der Waals surface area contributed by atoms with Gasteiger partial charge in [-0.3, -0.25) is 4.79 Å². The number of H-pyrrole nitrogens is 1. The number of rotatable bonds is 6. The predicted molar refractivity (Wildman–Crippen MR) is 96.5 cm³/mol. The molecule has 0 aliphatic heterocycles. The van der Waals surface area contributed by atoms with Crippen LogP contribution in [-0.2, 0) is 0 Å². The molecule has 1 atom stereocenters. The molecule has 0 saturated carbocycles. The summed E-state index contributed by atoms with van der Waals surface area (Å²) >= 11 is 5.97. The van der Waals surface area contributed by atoms with Gasteiger partial charge in [0.05, 0.1) is 0 Å². The van der Waals surface area contributed by atoms with Gasteiger partial charge in [0.2, 0.25) is 0 Å². The van der Waals surface area contributed by atoms with Crippen LogP contribution in [0.5, 0.6) is 0 Å². The second kappa shape index (κ2) is 7.51. The number of hydrogen-bond acceptors (Lipinski definition) is 2. The lowest BCUT2D eigenvalue weighted by Crippen LogP contribution is -2.29. The van der Waals surface area contributed by atoms with E-state index < -0.39 is 0 Å². The highest BCUT2D eigenvalue weighted by Crippen LogP contribution is 2.21. The van der Waals surface area contributed by atoms with Crippen molar-refractivity contribution in [3.63, 3.8) is 0 Å². The Morgan fingerprint density at radius 2 is 1.96 bits per heavy atom. The van der Waals surface area contributed by atoms with Crippen LogP contribution in [0, 0.1) is 0 Å². The van der Waals surface area contributed by atoms with Crippen LogP contribution < -0.4 is 5.32 Å². The van der Waals surface area contributed by atoms with E-state index in [0.29, 0.717) is 23.7 Å². The first-order valence-corrected chi connectivity index (χ1v) is 8.27. The summed E-state index contributed by atoms with van der Waals surface area (Å²) in [5.41, 5.74) is 2.45. The SMILES string of the molecule is O=C(NCC(CCO)c1ccccc1)c1cc2ccc(Cl)cc2[nH]1. The van der Waals surface area contributed by atoms with Crippen LogP contribution in [-0.4, -0.2) is 29.1 Å². The fourth-order valence-electron chi connectivity index (χ4n) is 2.80. The van der Waals surface area contributed by atoms with Crippen LogP contribution in [0.3, 0.4) is 0 Å². The minimum atomic E-state index is -0.166. The molecule has 0 fully saturated rings. The van der Waals surface area contributed by atoms with E-state index in [1.165, 1.54) is 0 Å². The van der Waals surface area contributed by atoms with Gasteiger partial charge in [0.1, 0.15) is 5.69 Å².